The van der Waals surface area contributed by atoms with Gasteiger partial charge in [-0.05, 0) is 49.1 Å². The number of phenolic OH excluding ortho intramolecular Hbond substituents is 1. The number of fused-ring (bicyclic) bond motifs is 1. The molecule has 0 saturated heterocycles. The molecule has 0 bridgehead atoms. The average Bonchev–Trinajstić information content (AvgIpc) is 2.51. The van der Waals surface area contributed by atoms with Crippen LogP contribution in [0.25, 0.3) is 0 Å². The molecule has 1 N–H and O–H groups in total. The zero-order chi connectivity index (χ0) is 14.7. The molecule has 0 aromatic heterocycles. The predicted octanol–water partition coefficient (Wildman–Crippen LogP) is 3.74. The van der Waals surface area contributed by atoms with Crippen molar-refractivity contribution in [3.05, 3.63) is 53.6 Å². The first-order valence-corrected chi connectivity index (χ1v) is 7.55. The molecule has 3 rings (SSSR count). The van der Waals surface area contributed by atoms with Crippen molar-refractivity contribution in [2.45, 2.75) is 26.3 Å². The van der Waals surface area contributed by atoms with Crippen molar-refractivity contribution in [2.75, 3.05) is 18.1 Å². The van der Waals surface area contributed by atoms with Crippen LogP contribution >= 0.6 is 0 Å². The number of rotatable bonds is 4. The molecular weight excluding hydrogens is 262 g/mol. The number of anilines is 1. The van der Waals surface area contributed by atoms with Crippen LogP contribution in [0.4, 0.5) is 5.69 Å². The Bertz CT molecular complexity index is 624. The monoisotopic (exact) mass is 283 g/mol. The summed E-state index contributed by atoms with van der Waals surface area (Å²) in [5.74, 6) is 0.778. The minimum atomic E-state index is 0.208. The van der Waals surface area contributed by atoms with E-state index in [1.54, 1.807) is 6.07 Å². The van der Waals surface area contributed by atoms with Crippen molar-refractivity contribution in [1.82, 2.24) is 0 Å². The summed E-state index contributed by atoms with van der Waals surface area (Å²) in [7, 11) is 0. The number of benzene rings is 2. The molecule has 2 aromatic rings. The van der Waals surface area contributed by atoms with Crippen molar-refractivity contribution >= 4 is 5.69 Å². The van der Waals surface area contributed by atoms with Crippen molar-refractivity contribution in [3.8, 4) is 11.5 Å². The van der Waals surface area contributed by atoms with Gasteiger partial charge in [-0.3, -0.25) is 0 Å². The molecular formula is C18H21NO2. The van der Waals surface area contributed by atoms with E-state index in [1.807, 2.05) is 19.1 Å². The van der Waals surface area contributed by atoms with Crippen LogP contribution < -0.4 is 9.64 Å². The quantitative estimate of drug-likeness (QED) is 0.927. The molecule has 0 saturated carbocycles. The number of aromatic hydroxyl groups is 1. The van der Waals surface area contributed by atoms with E-state index in [-0.39, 0.29) is 5.75 Å². The van der Waals surface area contributed by atoms with Gasteiger partial charge in [-0.1, -0.05) is 24.3 Å². The maximum Gasteiger partial charge on any atom is 0.161 e. The Morgan fingerprint density at radius 2 is 2.05 bits per heavy atom. The number of hydrogen-bond acceptors (Lipinski definition) is 3. The molecule has 0 spiro atoms. The summed E-state index contributed by atoms with van der Waals surface area (Å²) < 4.78 is 5.47. The van der Waals surface area contributed by atoms with Gasteiger partial charge in [0, 0.05) is 18.8 Å². The molecule has 3 heteroatoms. The molecule has 110 valence electrons. The van der Waals surface area contributed by atoms with Crippen LogP contribution in [0, 0.1) is 0 Å². The Morgan fingerprint density at radius 3 is 2.90 bits per heavy atom. The first-order valence-electron chi connectivity index (χ1n) is 7.55. The van der Waals surface area contributed by atoms with E-state index < -0.39 is 0 Å². The molecule has 1 heterocycles. The Hall–Kier alpha value is -2.16. The highest BCUT2D eigenvalue weighted by Crippen LogP contribution is 2.31. The number of hydrogen-bond donors (Lipinski definition) is 1. The lowest BCUT2D eigenvalue weighted by atomic mass is 10.0. The van der Waals surface area contributed by atoms with Gasteiger partial charge in [0.1, 0.15) is 0 Å². The second kappa shape index (κ2) is 6.08. The molecule has 1 aliphatic rings. The fourth-order valence-corrected chi connectivity index (χ4v) is 2.92. The summed E-state index contributed by atoms with van der Waals surface area (Å²) in [4.78, 5) is 2.40. The van der Waals surface area contributed by atoms with Gasteiger partial charge in [0.2, 0.25) is 0 Å². The molecule has 0 fully saturated rings. The van der Waals surface area contributed by atoms with Crippen LogP contribution in [-0.2, 0) is 13.0 Å². The second-order valence-electron chi connectivity index (χ2n) is 5.39. The fourth-order valence-electron chi connectivity index (χ4n) is 2.92. The molecule has 2 aromatic carbocycles. The molecule has 0 amide bonds. The third kappa shape index (κ3) is 2.97. The van der Waals surface area contributed by atoms with Crippen LogP contribution in [0.5, 0.6) is 11.5 Å². The van der Waals surface area contributed by atoms with Crippen LogP contribution in [-0.4, -0.2) is 18.3 Å². The van der Waals surface area contributed by atoms with Gasteiger partial charge in [0.15, 0.2) is 11.5 Å². The molecule has 1 aliphatic heterocycles. The van der Waals surface area contributed by atoms with E-state index in [1.165, 1.54) is 17.7 Å². The third-order valence-electron chi connectivity index (χ3n) is 3.90. The minimum absolute atomic E-state index is 0.208. The highest BCUT2D eigenvalue weighted by atomic mass is 16.5. The number of aryl methyl sites for hydroxylation is 1. The summed E-state index contributed by atoms with van der Waals surface area (Å²) in [6.45, 7) is 4.40. The lowest BCUT2D eigenvalue weighted by Gasteiger charge is -2.31. The summed E-state index contributed by atoms with van der Waals surface area (Å²) in [5, 5.41) is 9.79. The summed E-state index contributed by atoms with van der Waals surface area (Å²) in [6, 6.07) is 14.2. The van der Waals surface area contributed by atoms with Crippen molar-refractivity contribution in [2.24, 2.45) is 0 Å². The van der Waals surface area contributed by atoms with Crippen LogP contribution in [0.3, 0.4) is 0 Å². The highest BCUT2D eigenvalue weighted by Gasteiger charge is 2.16. The SMILES string of the molecule is CCOc1cc(CN2CCCc3ccccc32)ccc1O. The first kappa shape index (κ1) is 13.8. The summed E-state index contributed by atoms with van der Waals surface area (Å²) in [6.07, 6.45) is 2.35. The largest absolute Gasteiger partial charge is 0.504 e. The van der Waals surface area contributed by atoms with E-state index in [0.29, 0.717) is 12.4 Å². The lowest BCUT2D eigenvalue weighted by Crippen LogP contribution is -2.28. The first-order chi connectivity index (χ1) is 10.3. The van der Waals surface area contributed by atoms with E-state index in [2.05, 4.69) is 29.2 Å². The Kier molecular flexibility index (Phi) is 4.00. The lowest BCUT2D eigenvalue weighted by molar-refractivity contribution is 0.317. The molecule has 3 nitrogen and oxygen atoms in total. The number of phenols is 1. The van der Waals surface area contributed by atoms with E-state index >= 15 is 0 Å². The fraction of sp³-hybridized carbons (Fsp3) is 0.333. The molecule has 0 radical (unpaired) electrons. The van der Waals surface area contributed by atoms with Crippen LogP contribution in [0.1, 0.15) is 24.5 Å². The maximum absolute atomic E-state index is 9.79. The van der Waals surface area contributed by atoms with Crippen molar-refractivity contribution in [3.63, 3.8) is 0 Å². The minimum Gasteiger partial charge on any atom is -0.504 e. The Morgan fingerprint density at radius 1 is 1.19 bits per heavy atom. The van der Waals surface area contributed by atoms with Gasteiger partial charge in [-0.25, -0.2) is 0 Å². The van der Waals surface area contributed by atoms with Gasteiger partial charge in [0.25, 0.3) is 0 Å². The highest BCUT2D eigenvalue weighted by molar-refractivity contribution is 5.56. The predicted molar refractivity (Wildman–Crippen MR) is 85.1 cm³/mol. The molecule has 0 unspecified atom stereocenters. The number of para-hydroxylation sites is 1. The standard InChI is InChI=1S/C18H21NO2/c1-2-21-18-12-14(9-10-17(18)20)13-19-11-5-7-15-6-3-4-8-16(15)19/h3-4,6,8-10,12,20H,2,5,7,11,13H2,1H3. The number of nitrogens with zero attached hydrogens (tertiary/aromatic N) is 1. The topological polar surface area (TPSA) is 32.7 Å². The van der Waals surface area contributed by atoms with Crippen LogP contribution in [0.15, 0.2) is 42.5 Å². The van der Waals surface area contributed by atoms with Gasteiger partial charge >= 0.3 is 0 Å². The zero-order valence-corrected chi connectivity index (χ0v) is 12.4. The van der Waals surface area contributed by atoms with Gasteiger partial charge in [-0.15, -0.1) is 0 Å². The van der Waals surface area contributed by atoms with Gasteiger partial charge in [-0.2, -0.15) is 0 Å². The summed E-state index contributed by atoms with van der Waals surface area (Å²) in [5.41, 5.74) is 3.91. The molecule has 21 heavy (non-hydrogen) atoms. The van der Waals surface area contributed by atoms with E-state index in [0.717, 1.165) is 25.1 Å². The van der Waals surface area contributed by atoms with E-state index in [4.69, 9.17) is 4.74 Å². The maximum atomic E-state index is 9.79. The van der Waals surface area contributed by atoms with E-state index in [9.17, 15) is 5.11 Å². The summed E-state index contributed by atoms with van der Waals surface area (Å²) >= 11 is 0. The average molecular weight is 283 g/mol. The van der Waals surface area contributed by atoms with Crippen LogP contribution in [0.2, 0.25) is 0 Å². The molecule has 0 aliphatic carbocycles. The Labute approximate surface area is 125 Å². The third-order valence-corrected chi connectivity index (χ3v) is 3.90. The second-order valence-corrected chi connectivity index (χ2v) is 5.39. The van der Waals surface area contributed by atoms with Crippen molar-refractivity contribution in [1.29, 1.82) is 0 Å². The smallest absolute Gasteiger partial charge is 0.161 e. The zero-order valence-electron chi connectivity index (χ0n) is 12.4. The van der Waals surface area contributed by atoms with Crippen molar-refractivity contribution < 1.29 is 9.84 Å². The van der Waals surface area contributed by atoms with Gasteiger partial charge in [0.05, 0.1) is 6.61 Å². The normalized spacial score (nSPS) is 13.9. The molecule has 0 atom stereocenters. The number of ether oxygens (including phenoxy) is 1. The Balaban J connectivity index is 1.83. The van der Waals surface area contributed by atoms with Gasteiger partial charge < -0.3 is 14.7 Å².